The molecule has 0 spiro atoms. The van der Waals surface area contributed by atoms with Crippen molar-refractivity contribution in [3.63, 3.8) is 0 Å². The summed E-state index contributed by atoms with van der Waals surface area (Å²) in [6.45, 7) is 0. The lowest BCUT2D eigenvalue weighted by Gasteiger charge is -2.26. The van der Waals surface area contributed by atoms with Gasteiger partial charge < -0.3 is 14.4 Å². The normalized spacial score (nSPS) is 11.6. The molecule has 0 amide bonds. The van der Waals surface area contributed by atoms with Crippen molar-refractivity contribution < 1.29 is 9.47 Å². The zero-order chi connectivity index (χ0) is 36.6. The summed E-state index contributed by atoms with van der Waals surface area (Å²) >= 11 is 0. The second-order valence-corrected chi connectivity index (χ2v) is 13.7. The third kappa shape index (κ3) is 6.18. The molecule has 3 nitrogen and oxygen atoms in total. The highest BCUT2D eigenvalue weighted by Gasteiger charge is 2.22. The van der Waals surface area contributed by atoms with Gasteiger partial charge in [0.1, 0.15) is 11.5 Å². The smallest absolute Gasteiger partial charge is 0.177 e. The number of para-hydroxylation sites is 1. The number of anilines is 3. The highest BCUT2D eigenvalue weighted by molar-refractivity contribution is 5.95. The number of benzene rings is 9. The van der Waals surface area contributed by atoms with Crippen LogP contribution >= 0.6 is 0 Å². The summed E-state index contributed by atoms with van der Waals surface area (Å²) in [6, 6.07) is 74.5. The minimum absolute atomic E-state index is 0.704. The Balaban J connectivity index is 0.958. The van der Waals surface area contributed by atoms with Gasteiger partial charge in [0.05, 0.1) is 5.39 Å². The van der Waals surface area contributed by atoms with E-state index in [4.69, 9.17) is 9.47 Å². The van der Waals surface area contributed by atoms with E-state index in [1.54, 1.807) is 0 Å². The van der Waals surface area contributed by atoms with Crippen LogP contribution in [0.15, 0.2) is 212 Å². The molecule has 1 aliphatic rings. The number of nitrogens with zero attached hydrogens (tertiary/aromatic N) is 1. The molecule has 55 heavy (non-hydrogen) atoms. The maximum Gasteiger partial charge on any atom is 0.177 e. The number of rotatable bonds is 7. The molecule has 0 saturated carbocycles. The predicted octanol–water partition coefficient (Wildman–Crippen LogP) is 14.9. The maximum atomic E-state index is 6.61. The van der Waals surface area contributed by atoms with Crippen LogP contribution in [0.4, 0.5) is 17.1 Å². The average Bonchev–Trinajstić information content (AvgIpc) is 3.43. The summed E-state index contributed by atoms with van der Waals surface area (Å²) in [5.41, 5.74) is 12.4. The first-order valence-corrected chi connectivity index (χ1v) is 18.6. The fraction of sp³-hybridized carbons (Fsp3) is 0. The Morgan fingerprint density at radius 2 is 0.655 bits per heavy atom. The molecule has 0 aromatic heterocycles. The molecule has 0 unspecified atom stereocenters. The lowest BCUT2D eigenvalue weighted by molar-refractivity contribution is 0.440. The highest BCUT2D eigenvalue weighted by Crippen LogP contribution is 2.49. The largest absolute Gasteiger partial charge is 0.453 e. The summed E-state index contributed by atoms with van der Waals surface area (Å²) in [5.74, 6) is 3.02. The second-order valence-electron chi connectivity index (χ2n) is 13.7. The van der Waals surface area contributed by atoms with E-state index in [9.17, 15) is 0 Å². The van der Waals surface area contributed by atoms with Gasteiger partial charge in [-0.15, -0.1) is 0 Å². The van der Waals surface area contributed by atoms with Crippen LogP contribution in [0.2, 0.25) is 0 Å². The van der Waals surface area contributed by atoms with E-state index in [1.165, 1.54) is 22.3 Å². The van der Waals surface area contributed by atoms with E-state index in [0.29, 0.717) is 5.75 Å². The molecule has 3 heteroatoms. The lowest BCUT2D eigenvalue weighted by atomic mass is 9.99. The van der Waals surface area contributed by atoms with Gasteiger partial charge in [-0.25, -0.2) is 0 Å². The van der Waals surface area contributed by atoms with Crippen molar-refractivity contribution in [2.45, 2.75) is 0 Å². The first-order chi connectivity index (χ1) is 27.2. The van der Waals surface area contributed by atoms with Crippen LogP contribution in [0, 0.1) is 0 Å². The molecule has 1 aliphatic heterocycles. The van der Waals surface area contributed by atoms with Gasteiger partial charge in [-0.1, -0.05) is 158 Å². The predicted molar refractivity (Wildman–Crippen MR) is 227 cm³/mol. The van der Waals surface area contributed by atoms with Crippen molar-refractivity contribution in [1.82, 2.24) is 0 Å². The molecule has 9 aromatic carbocycles. The number of hydrogen-bond donors (Lipinski definition) is 0. The molecule has 0 fully saturated rings. The van der Waals surface area contributed by atoms with Crippen LogP contribution in [0.1, 0.15) is 0 Å². The average molecular weight is 706 g/mol. The molecule has 0 N–H and O–H groups in total. The molecule has 0 bridgehead atoms. The fourth-order valence-electron chi connectivity index (χ4n) is 7.56. The van der Waals surface area contributed by atoms with Crippen LogP contribution in [-0.2, 0) is 0 Å². The molecule has 260 valence electrons. The number of hydrogen-bond acceptors (Lipinski definition) is 3. The van der Waals surface area contributed by atoms with Gasteiger partial charge in [-0.05, 0) is 98.9 Å². The van der Waals surface area contributed by atoms with Crippen molar-refractivity contribution in [1.29, 1.82) is 0 Å². The lowest BCUT2D eigenvalue weighted by Crippen LogP contribution is -2.09. The van der Waals surface area contributed by atoms with Crippen LogP contribution < -0.4 is 14.4 Å². The zero-order valence-corrected chi connectivity index (χ0v) is 30.0. The van der Waals surface area contributed by atoms with Crippen molar-refractivity contribution in [3.05, 3.63) is 212 Å². The molecule has 0 atom stereocenters. The third-order valence-electron chi connectivity index (χ3n) is 10.4. The molecular formula is C52H35NO2. The van der Waals surface area contributed by atoms with Gasteiger partial charge in [-0.3, -0.25) is 0 Å². The molecule has 0 saturated heterocycles. The van der Waals surface area contributed by atoms with E-state index in [1.807, 2.05) is 36.4 Å². The zero-order valence-electron chi connectivity index (χ0n) is 30.0. The third-order valence-corrected chi connectivity index (χ3v) is 10.4. The van der Waals surface area contributed by atoms with Gasteiger partial charge in [0.2, 0.25) is 0 Å². The Bertz CT molecular complexity index is 2670. The Morgan fingerprint density at radius 3 is 1.15 bits per heavy atom. The molecule has 1 heterocycles. The topological polar surface area (TPSA) is 21.7 Å². The molecular weight excluding hydrogens is 671 g/mol. The van der Waals surface area contributed by atoms with Crippen molar-refractivity contribution in [3.8, 4) is 67.5 Å². The SMILES string of the molecule is c1ccc(-c2ccc(N(c3ccc(-c4ccccc4)cc3)c3ccc(-c4ccc(-c5cccc6c5Oc5cccc7cccc(c57)O6)cc4)cc3)cc2)cc1. The summed E-state index contributed by atoms with van der Waals surface area (Å²) in [4.78, 5) is 2.32. The summed E-state index contributed by atoms with van der Waals surface area (Å²) in [5, 5.41) is 2.07. The van der Waals surface area contributed by atoms with Gasteiger partial charge in [0, 0.05) is 22.6 Å². The fourth-order valence-corrected chi connectivity index (χ4v) is 7.56. The first kappa shape index (κ1) is 32.3. The number of ether oxygens (including phenoxy) is 2. The van der Waals surface area contributed by atoms with E-state index >= 15 is 0 Å². The van der Waals surface area contributed by atoms with E-state index in [-0.39, 0.29) is 0 Å². The van der Waals surface area contributed by atoms with Crippen LogP contribution in [0.25, 0.3) is 55.3 Å². The first-order valence-electron chi connectivity index (χ1n) is 18.6. The number of fused-ring (bicyclic) bond motifs is 1. The van der Waals surface area contributed by atoms with Crippen LogP contribution in [0.3, 0.4) is 0 Å². The van der Waals surface area contributed by atoms with Crippen molar-refractivity contribution in [2.24, 2.45) is 0 Å². The summed E-state index contributed by atoms with van der Waals surface area (Å²) in [6.07, 6.45) is 0. The van der Waals surface area contributed by atoms with Gasteiger partial charge in [-0.2, -0.15) is 0 Å². The van der Waals surface area contributed by atoms with Gasteiger partial charge in [0.25, 0.3) is 0 Å². The minimum atomic E-state index is 0.704. The molecule has 0 aliphatic carbocycles. The Labute approximate surface area is 320 Å². The Kier molecular flexibility index (Phi) is 8.16. The second kappa shape index (κ2) is 13.9. The van der Waals surface area contributed by atoms with Crippen LogP contribution in [0.5, 0.6) is 23.0 Å². The van der Waals surface area contributed by atoms with E-state index in [0.717, 1.165) is 67.3 Å². The standard InChI is InChI=1S/C52H35NO2/c1-3-10-36(11-4-1)39-24-30-44(31-25-39)53(45-32-26-40(27-33-45)37-12-5-2-6-13-37)46-34-28-41(29-35-46)38-20-22-42(23-21-38)47-16-9-19-50-52(47)55-49-18-8-15-43-14-7-17-48(54-50)51(43)49/h1-35H. The summed E-state index contributed by atoms with van der Waals surface area (Å²) < 4.78 is 13.1. The highest BCUT2D eigenvalue weighted by atomic mass is 16.5. The quantitative estimate of drug-likeness (QED) is 0.165. The van der Waals surface area contributed by atoms with E-state index < -0.39 is 0 Å². The van der Waals surface area contributed by atoms with Crippen molar-refractivity contribution >= 4 is 27.8 Å². The Hall–Kier alpha value is -7.36. The van der Waals surface area contributed by atoms with E-state index in [2.05, 4.69) is 181 Å². The summed E-state index contributed by atoms with van der Waals surface area (Å²) in [7, 11) is 0. The van der Waals surface area contributed by atoms with Gasteiger partial charge in [0.15, 0.2) is 11.5 Å². The monoisotopic (exact) mass is 705 g/mol. The molecule has 9 aromatic rings. The van der Waals surface area contributed by atoms with Gasteiger partial charge >= 0.3 is 0 Å². The Morgan fingerprint density at radius 1 is 0.273 bits per heavy atom. The molecule has 10 rings (SSSR count). The molecule has 0 radical (unpaired) electrons. The van der Waals surface area contributed by atoms with Crippen LogP contribution in [-0.4, -0.2) is 0 Å². The minimum Gasteiger partial charge on any atom is -0.453 e. The maximum absolute atomic E-state index is 6.61. The van der Waals surface area contributed by atoms with Crippen molar-refractivity contribution in [2.75, 3.05) is 4.90 Å².